The number of carbonyl (C=O) groups is 1. The Labute approximate surface area is 184 Å². The molecule has 3 aromatic rings. The molecule has 0 N–H and O–H groups in total. The van der Waals surface area contributed by atoms with E-state index in [0.717, 1.165) is 0 Å². The van der Waals surface area contributed by atoms with Crippen molar-refractivity contribution in [2.75, 3.05) is 14.2 Å². The van der Waals surface area contributed by atoms with E-state index in [0.29, 0.717) is 16.9 Å². The Morgan fingerprint density at radius 2 is 1.60 bits per heavy atom. The Balaban J connectivity index is 2.16. The van der Waals surface area contributed by atoms with Crippen LogP contribution >= 0.6 is 23.2 Å². The van der Waals surface area contributed by atoms with E-state index in [-0.39, 0.29) is 39.3 Å². The van der Waals surface area contributed by atoms with Crippen LogP contribution in [-0.4, -0.2) is 20.0 Å². The molecule has 0 saturated heterocycles. The van der Waals surface area contributed by atoms with E-state index >= 15 is 0 Å². The number of rotatable bonds is 7. The molecule has 156 valence electrons. The van der Waals surface area contributed by atoms with Crippen LogP contribution in [0.1, 0.15) is 27.0 Å². The van der Waals surface area contributed by atoms with Gasteiger partial charge in [-0.05, 0) is 36.8 Å². The first kappa shape index (κ1) is 21.9. The fourth-order valence-electron chi connectivity index (χ4n) is 3.11. The molecule has 0 aliphatic carbocycles. The van der Waals surface area contributed by atoms with E-state index in [4.69, 9.17) is 37.4 Å². The second-order valence-electron chi connectivity index (χ2n) is 6.44. The molecule has 0 bridgehead atoms. The molecule has 0 radical (unpaired) electrons. The smallest absolute Gasteiger partial charge is 0.204 e. The van der Waals surface area contributed by atoms with Gasteiger partial charge in [-0.1, -0.05) is 47.5 Å². The van der Waals surface area contributed by atoms with Crippen molar-refractivity contribution < 1.29 is 23.4 Å². The third-order valence-corrected chi connectivity index (χ3v) is 5.20. The van der Waals surface area contributed by atoms with Crippen molar-refractivity contribution in [1.29, 1.82) is 0 Å². The summed E-state index contributed by atoms with van der Waals surface area (Å²) in [4.78, 5) is 13.5. The number of hydrogen-bond donors (Lipinski definition) is 0. The summed E-state index contributed by atoms with van der Waals surface area (Å²) in [5.74, 6) is -0.143. The average molecular weight is 449 g/mol. The predicted octanol–water partition coefficient (Wildman–Crippen LogP) is 6.27. The zero-order valence-electron chi connectivity index (χ0n) is 16.6. The Hall–Kier alpha value is -2.76. The van der Waals surface area contributed by atoms with Crippen LogP contribution in [0.4, 0.5) is 4.39 Å². The number of carbonyl (C=O) groups excluding carboxylic acids is 1. The maximum atomic E-state index is 14.1. The maximum absolute atomic E-state index is 14.1. The van der Waals surface area contributed by atoms with Gasteiger partial charge in [0.25, 0.3) is 0 Å². The first-order valence-corrected chi connectivity index (χ1v) is 9.75. The standard InChI is InChI=1S/C23H19Cl2FO4/c1-13-11-18(28-2)22(29-3)23(30-12-14-7-4-5-10-17(14)26)19(13)21(27)20-15(24)8-6-9-16(20)25/h4-11H,12H2,1-3H3. The normalized spacial score (nSPS) is 10.6. The van der Waals surface area contributed by atoms with Gasteiger partial charge < -0.3 is 14.2 Å². The number of ketones is 1. The van der Waals surface area contributed by atoms with E-state index in [1.807, 2.05) is 0 Å². The predicted molar refractivity (Wildman–Crippen MR) is 115 cm³/mol. The van der Waals surface area contributed by atoms with Gasteiger partial charge in [-0.3, -0.25) is 4.79 Å². The van der Waals surface area contributed by atoms with E-state index in [1.54, 1.807) is 49.4 Å². The van der Waals surface area contributed by atoms with E-state index < -0.39 is 11.6 Å². The van der Waals surface area contributed by atoms with Crippen LogP contribution in [0.5, 0.6) is 17.2 Å². The molecule has 0 atom stereocenters. The molecule has 0 saturated carbocycles. The zero-order valence-corrected chi connectivity index (χ0v) is 18.1. The van der Waals surface area contributed by atoms with Crippen molar-refractivity contribution in [3.8, 4) is 17.2 Å². The van der Waals surface area contributed by atoms with Gasteiger partial charge >= 0.3 is 0 Å². The first-order valence-electron chi connectivity index (χ1n) is 8.99. The molecule has 7 heteroatoms. The molecule has 3 aromatic carbocycles. The summed E-state index contributed by atoms with van der Waals surface area (Å²) >= 11 is 12.5. The fraction of sp³-hybridized carbons (Fsp3) is 0.174. The molecule has 0 aliphatic heterocycles. The van der Waals surface area contributed by atoms with Gasteiger partial charge in [0.2, 0.25) is 5.75 Å². The van der Waals surface area contributed by atoms with Crippen molar-refractivity contribution in [2.24, 2.45) is 0 Å². The number of benzene rings is 3. The molecule has 4 nitrogen and oxygen atoms in total. The van der Waals surface area contributed by atoms with Crippen molar-refractivity contribution >= 4 is 29.0 Å². The summed E-state index contributed by atoms with van der Waals surface area (Å²) in [7, 11) is 2.91. The van der Waals surface area contributed by atoms with Gasteiger partial charge in [-0.15, -0.1) is 0 Å². The Morgan fingerprint density at radius 1 is 0.933 bits per heavy atom. The van der Waals surface area contributed by atoms with Crippen LogP contribution < -0.4 is 14.2 Å². The lowest BCUT2D eigenvalue weighted by Crippen LogP contribution is -2.11. The second kappa shape index (κ2) is 9.37. The van der Waals surface area contributed by atoms with Crippen LogP contribution in [0.15, 0.2) is 48.5 Å². The molecule has 0 aromatic heterocycles. The lowest BCUT2D eigenvalue weighted by molar-refractivity contribution is 0.103. The third kappa shape index (κ3) is 4.23. The lowest BCUT2D eigenvalue weighted by atomic mass is 9.96. The van der Waals surface area contributed by atoms with Crippen LogP contribution in [0, 0.1) is 12.7 Å². The molecule has 0 fully saturated rings. The van der Waals surface area contributed by atoms with Crippen molar-refractivity contribution in [2.45, 2.75) is 13.5 Å². The quantitative estimate of drug-likeness (QED) is 0.399. The Kier molecular flexibility index (Phi) is 6.85. The molecule has 0 spiro atoms. The highest BCUT2D eigenvalue weighted by molar-refractivity contribution is 6.41. The highest BCUT2D eigenvalue weighted by Crippen LogP contribution is 2.44. The minimum atomic E-state index is -0.437. The summed E-state index contributed by atoms with van der Waals surface area (Å²) < 4.78 is 30.9. The van der Waals surface area contributed by atoms with Gasteiger partial charge in [0, 0.05) is 5.56 Å². The fourth-order valence-corrected chi connectivity index (χ4v) is 3.68. The monoisotopic (exact) mass is 448 g/mol. The Morgan fingerprint density at radius 3 is 2.20 bits per heavy atom. The molecular formula is C23H19Cl2FO4. The summed E-state index contributed by atoms with van der Waals surface area (Å²) in [5.41, 5.74) is 1.25. The SMILES string of the molecule is COc1cc(C)c(C(=O)c2c(Cl)cccc2Cl)c(OCc2ccccc2F)c1OC. The third-order valence-electron chi connectivity index (χ3n) is 4.57. The topological polar surface area (TPSA) is 44.8 Å². The lowest BCUT2D eigenvalue weighted by Gasteiger charge is -2.20. The van der Waals surface area contributed by atoms with Gasteiger partial charge in [0.15, 0.2) is 17.3 Å². The number of halogens is 3. The molecule has 0 heterocycles. The number of aryl methyl sites for hydroxylation is 1. The highest BCUT2D eigenvalue weighted by Gasteiger charge is 2.28. The molecule has 0 unspecified atom stereocenters. The summed E-state index contributed by atoms with van der Waals surface area (Å²) in [6, 6.07) is 12.7. The summed E-state index contributed by atoms with van der Waals surface area (Å²) in [6.07, 6.45) is 0. The van der Waals surface area contributed by atoms with Gasteiger partial charge in [-0.25, -0.2) is 4.39 Å². The highest BCUT2D eigenvalue weighted by atomic mass is 35.5. The summed E-state index contributed by atoms with van der Waals surface area (Å²) in [6.45, 7) is 1.61. The molecular weight excluding hydrogens is 430 g/mol. The molecule has 3 rings (SSSR count). The van der Waals surface area contributed by atoms with Crippen LogP contribution in [-0.2, 0) is 6.61 Å². The van der Waals surface area contributed by atoms with Gasteiger partial charge in [-0.2, -0.15) is 0 Å². The van der Waals surface area contributed by atoms with Crippen molar-refractivity contribution in [3.05, 3.63) is 86.6 Å². The van der Waals surface area contributed by atoms with Crippen LogP contribution in [0.3, 0.4) is 0 Å². The minimum Gasteiger partial charge on any atom is -0.493 e. The van der Waals surface area contributed by atoms with Crippen molar-refractivity contribution in [3.63, 3.8) is 0 Å². The summed E-state index contributed by atoms with van der Waals surface area (Å²) in [5, 5.41) is 0.420. The molecule has 0 aliphatic rings. The minimum absolute atomic E-state index is 0.119. The zero-order chi connectivity index (χ0) is 21.8. The van der Waals surface area contributed by atoms with Gasteiger partial charge in [0.05, 0.1) is 35.4 Å². The first-order chi connectivity index (χ1) is 14.4. The van der Waals surface area contributed by atoms with Crippen LogP contribution in [0.25, 0.3) is 0 Å². The maximum Gasteiger partial charge on any atom is 0.204 e. The number of ether oxygens (including phenoxy) is 3. The molecule has 30 heavy (non-hydrogen) atoms. The van der Waals surface area contributed by atoms with E-state index in [2.05, 4.69) is 0 Å². The van der Waals surface area contributed by atoms with Gasteiger partial charge in [0.1, 0.15) is 12.4 Å². The largest absolute Gasteiger partial charge is 0.493 e. The van der Waals surface area contributed by atoms with E-state index in [1.165, 1.54) is 20.3 Å². The van der Waals surface area contributed by atoms with E-state index in [9.17, 15) is 9.18 Å². The van der Waals surface area contributed by atoms with Crippen LogP contribution in [0.2, 0.25) is 10.0 Å². The average Bonchev–Trinajstić information content (AvgIpc) is 2.72. The second-order valence-corrected chi connectivity index (χ2v) is 7.25. The number of methoxy groups -OCH3 is 2. The Bertz CT molecular complexity index is 1080. The molecule has 0 amide bonds. The number of hydrogen-bond acceptors (Lipinski definition) is 4. The van der Waals surface area contributed by atoms with Crippen molar-refractivity contribution in [1.82, 2.24) is 0 Å².